The Morgan fingerprint density at radius 2 is 2.38 bits per heavy atom. The zero-order chi connectivity index (χ0) is 9.90. The van der Waals surface area contributed by atoms with E-state index in [-0.39, 0.29) is 13.2 Å². The summed E-state index contributed by atoms with van der Waals surface area (Å²) in [5, 5.41) is 0. The van der Waals surface area contributed by atoms with E-state index in [1.807, 2.05) is 0 Å². The lowest BCUT2D eigenvalue weighted by molar-refractivity contribution is -0.164. The van der Waals surface area contributed by atoms with Crippen LogP contribution in [0.2, 0.25) is 0 Å². The van der Waals surface area contributed by atoms with Crippen LogP contribution in [0.15, 0.2) is 0 Å². The van der Waals surface area contributed by atoms with Crippen LogP contribution in [0.5, 0.6) is 0 Å². The van der Waals surface area contributed by atoms with Gasteiger partial charge in [-0.1, -0.05) is 5.92 Å². The summed E-state index contributed by atoms with van der Waals surface area (Å²) in [5.41, 5.74) is 0. The highest BCUT2D eigenvalue weighted by atomic mass is 19.3. The molecule has 0 aromatic rings. The van der Waals surface area contributed by atoms with Crippen LogP contribution in [0.25, 0.3) is 0 Å². The van der Waals surface area contributed by atoms with Gasteiger partial charge in [0.15, 0.2) is 0 Å². The monoisotopic (exact) mass is 189 g/mol. The van der Waals surface area contributed by atoms with Crippen LogP contribution in [0.3, 0.4) is 0 Å². The number of hydrogen-bond acceptors (Lipinski definition) is 2. The van der Waals surface area contributed by atoms with Gasteiger partial charge in [0.05, 0.1) is 6.54 Å². The molecule has 0 unspecified atom stereocenters. The molecule has 1 rings (SSSR count). The van der Waals surface area contributed by atoms with E-state index >= 15 is 0 Å². The molecule has 1 fully saturated rings. The van der Waals surface area contributed by atoms with Crippen molar-refractivity contribution in [2.45, 2.75) is 18.4 Å². The van der Waals surface area contributed by atoms with Crippen LogP contribution in [0, 0.1) is 12.3 Å². The van der Waals surface area contributed by atoms with E-state index in [2.05, 4.69) is 5.92 Å². The summed E-state index contributed by atoms with van der Waals surface area (Å²) in [6.45, 7) is 0.344. The Kier molecular flexibility index (Phi) is 3.23. The van der Waals surface area contributed by atoms with E-state index < -0.39 is 12.0 Å². The Hall–Kier alpha value is -0.660. The minimum absolute atomic E-state index is 0.0377. The van der Waals surface area contributed by atoms with E-state index in [0.717, 1.165) is 0 Å². The van der Waals surface area contributed by atoms with Crippen LogP contribution < -0.4 is 0 Å². The van der Waals surface area contributed by atoms with Crippen molar-refractivity contribution in [1.82, 2.24) is 4.90 Å². The maximum atomic E-state index is 13.2. The first kappa shape index (κ1) is 10.4. The van der Waals surface area contributed by atoms with Gasteiger partial charge in [-0.3, -0.25) is 0 Å². The van der Waals surface area contributed by atoms with E-state index in [1.54, 1.807) is 11.9 Å². The molecule has 0 saturated carbocycles. The molecule has 1 atom stereocenters. The molecule has 2 nitrogen and oxygen atoms in total. The first-order chi connectivity index (χ1) is 6.06. The van der Waals surface area contributed by atoms with Crippen molar-refractivity contribution >= 4 is 0 Å². The Morgan fingerprint density at radius 3 is 2.92 bits per heavy atom. The molecular weight excluding hydrogens is 176 g/mol. The summed E-state index contributed by atoms with van der Waals surface area (Å²) in [5.74, 6) is -0.579. The normalized spacial score (nSPS) is 28.3. The van der Waals surface area contributed by atoms with Crippen molar-refractivity contribution < 1.29 is 13.5 Å². The molecule has 74 valence electrons. The molecule has 0 aromatic carbocycles. The van der Waals surface area contributed by atoms with E-state index in [1.165, 1.54) is 0 Å². The van der Waals surface area contributed by atoms with Gasteiger partial charge in [0.2, 0.25) is 0 Å². The van der Waals surface area contributed by atoms with Crippen LogP contribution in [0.4, 0.5) is 8.78 Å². The molecule has 0 N–H and O–H groups in total. The SMILES string of the molecule is C#CCO[C@@H]1CCN(C)CC1(F)F. The second-order valence-corrected chi connectivity index (χ2v) is 3.29. The van der Waals surface area contributed by atoms with E-state index in [0.29, 0.717) is 13.0 Å². The van der Waals surface area contributed by atoms with E-state index in [9.17, 15) is 8.78 Å². The lowest BCUT2D eigenvalue weighted by atomic mass is 10.0. The smallest absolute Gasteiger partial charge is 0.286 e. The van der Waals surface area contributed by atoms with Gasteiger partial charge >= 0.3 is 0 Å². The Balaban J connectivity index is 2.50. The minimum atomic E-state index is -2.77. The van der Waals surface area contributed by atoms with Crippen molar-refractivity contribution in [2.75, 3.05) is 26.7 Å². The van der Waals surface area contributed by atoms with Gasteiger partial charge in [-0.15, -0.1) is 6.42 Å². The predicted molar refractivity (Wildman–Crippen MR) is 45.6 cm³/mol. The van der Waals surface area contributed by atoms with Crippen molar-refractivity contribution in [2.24, 2.45) is 0 Å². The third-order valence-corrected chi connectivity index (χ3v) is 2.09. The van der Waals surface area contributed by atoms with Crippen LogP contribution in [-0.2, 0) is 4.74 Å². The average molecular weight is 189 g/mol. The fourth-order valence-electron chi connectivity index (χ4n) is 1.44. The Labute approximate surface area is 76.9 Å². The molecule has 0 aromatic heterocycles. The van der Waals surface area contributed by atoms with Gasteiger partial charge in [0, 0.05) is 6.54 Å². The van der Waals surface area contributed by atoms with Crippen molar-refractivity contribution in [1.29, 1.82) is 0 Å². The number of alkyl halides is 2. The Bertz CT molecular complexity index is 212. The summed E-state index contributed by atoms with van der Waals surface area (Å²) >= 11 is 0. The standard InChI is InChI=1S/C9H13F2NO/c1-3-6-13-8-4-5-12(2)7-9(8,10)11/h1,8H,4-7H2,2H3/t8-/m1/s1. The molecule has 0 spiro atoms. The topological polar surface area (TPSA) is 12.5 Å². The lowest BCUT2D eigenvalue weighted by Crippen LogP contribution is -2.51. The number of hydrogen-bond donors (Lipinski definition) is 0. The summed E-state index contributed by atoms with van der Waals surface area (Å²) < 4.78 is 31.3. The molecule has 0 aliphatic carbocycles. The third-order valence-electron chi connectivity index (χ3n) is 2.09. The molecule has 1 aliphatic rings. The number of rotatable bonds is 2. The number of ether oxygens (including phenoxy) is 1. The lowest BCUT2D eigenvalue weighted by Gasteiger charge is -2.35. The van der Waals surface area contributed by atoms with Crippen molar-refractivity contribution in [3.05, 3.63) is 0 Å². The fraction of sp³-hybridized carbons (Fsp3) is 0.778. The maximum Gasteiger partial charge on any atom is 0.286 e. The number of nitrogens with zero attached hydrogens (tertiary/aromatic N) is 1. The van der Waals surface area contributed by atoms with Gasteiger partial charge in [-0.25, -0.2) is 8.78 Å². The highest BCUT2D eigenvalue weighted by molar-refractivity contribution is 4.89. The second-order valence-electron chi connectivity index (χ2n) is 3.29. The maximum absolute atomic E-state index is 13.2. The zero-order valence-electron chi connectivity index (χ0n) is 7.59. The summed E-state index contributed by atoms with van der Waals surface area (Å²) in [6, 6.07) is 0. The molecule has 1 aliphatic heterocycles. The van der Waals surface area contributed by atoms with Crippen LogP contribution in [0.1, 0.15) is 6.42 Å². The Morgan fingerprint density at radius 1 is 1.69 bits per heavy atom. The highest BCUT2D eigenvalue weighted by Crippen LogP contribution is 2.28. The van der Waals surface area contributed by atoms with Crippen molar-refractivity contribution in [3.8, 4) is 12.3 Å². The molecule has 0 radical (unpaired) electrons. The molecular formula is C9H13F2NO. The summed E-state index contributed by atoms with van der Waals surface area (Å²) in [7, 11) is 1.67. The van der Waals surface area contributed by atoms with Crippen LogP contribution >= 0.6 is 0 Å². The summed E-state index contributed by atoms with van der Waals surface area (Å²) in [4.78, 5) is 1.59. The van der Waals surface area contributed by atoms with Gasteiger partial charge in [-0.2, -0.15) is 0 Å². The van der Waals surface area contributed by atoms with Gasteiger partial charge < -0.3 is 9.64 Å². The van der Waals surface area contributed by atoms with E-state index in [4.69, 9.17) is 11.2 Å². The molecule has 1 heterocycles. The molecule has 0 amide bonds. The number of likely N-dealkylation sites (tertiary alicyclic amines) is 1. The number of halogens is 2. The predicted octanol–water partition coefficient (Wildman–Crippen LogP) is 0.976. The zero-order valence-corrected chi connectivity index (χ0v) is 7.59. The van der Waals surface area contributed by atoms with Gasteiger partial charge in [0.25, 0.3) is 5.92 Å². The highest BCUT2D eigenvalue weighted by Gasteiger charge is 2.44. The van der Waals surface area contributed by atoms with Crippen LogP contribution in [-0.4, -0.2) is 43.7 Å². The first-order valence-electron chi connectivity index (χ1n) is 4.17. The molecule has 13 heavy (non-hydrogen) atoms. The molecule has 4 heteroatoms. The number of terminal acetylenes is 1. The molecule has 0 bridgehead atoms. The first-order valence-corrected chi connectivity index (χ1v) is 4.17. The third kappa shape index (κ3) is 2.64. The van der Waals surface area contributed by atoms with Crippen molar-refractivity contribution in [3.63, 3.8) is 0 Å². The minimum Gasteiger partial charge on any atom is -0.359 e. The summed E-state index contributed by atoms with van der Waals surface area (Å²) in [6.07, 6.45) is 4.26. The average Bonchev–Trinajstić information content (AvgIpc) is 2.01. The fourth-order valence-corrected chi connectivity index (χ4v) is 1.44. The second kappa shape index (κ2) is 4.03. The largest absolute Gasteiger partial charge is 0.359 e. The quantitative estimate of drug-likeness (QED) is 0.600. The molecule has 1 saturated heterocycles. The van der Waals surface area contributed by atoms with Gasteiger partial charge in [0.1, 0.15) is 12.7 Å². The van der Waals surface area contributed by atoms with Gasteiger partial charge in [-0.05, 0) is 13.5 Å². The number of piperidine rings is 1.